The predicted molar refractivity (Wildman–Crippen MR) is 104 cm³/mol. The Morgan fingerprint density at radius 1 is 1.00 bits per heavy atom. The van der Waals surface area contributed by atoms with E-state index in [0.717, 1.165) is 62.8 Å². The number of methoxy groups -OCH3 is 1. The van der Waals surface area contributed by atoms with Crippen LogP contribution in [0.2, 0.25) is 0 Å². The van der Waals surface area contributed by atoms with Gasteiger partial charge in [-0.2, -0.15) is 0 Å². The van der Waals surface area contributed by atoms with Gasteiger partial charge >= 0.3 is 0 Å². The molecule has 0 radical (unpaired) electrons. The summed E-state index contributed by atoms with van der Waals surface area (Å²) < 4.78 is 5.28. The van der Waals surface area contributed by atoms with Crippen molar-refractivity contribution >= 4 is 11.8 Å². The molecule has 1 atom stereocenters. The van der Waals surface area contributed by atoms with Crippen LogP contribution in [-0.2, 0) is 15.0 Å². The summed E-state index contributed by atoms with van der Waals surface area (Å²) in [4.78, 5) is 30.4. The third-order valence-corrected chi connectivity index (χ3v) is 7.10. The van der Waals surface area contributed by atoms with Gasteiger partial charge < -0.3 is 14.5 Å². The summed E-state index contributed by atoms with van der Waals surface area (Å²) >= 11 is 0. The molecule has 1 aliphatic carbocycles. The summed E-state index contributed by atoms with van der Waals surface area (Å²) in [5.74, 6) is 1.27. The van der Waals surface area contributed by atoms with E-state index in [1.807, 2.05) is 41.1 Å². The predicted octanol–water partition coefficient (Wildman–Crippen LogP) is 2.98. The maximum absolute atomic E-state index is 13.7. The van der Waals surface area contributed by atoms with Crippen LogP contribution in [0.3, 0.4) is 0 Å². The lowest BCUT2D eigenvalue weighted by atomic mass is 9.76. The number of carbonyl (C=O) groups is 2. The number of benzene rings is 1. The molecule has 2 heterocycles. The molecule has 1 saturated carbocycles. The Balaban J connectivity index is 1.59. The topological polar surface area (TPSA) is 49.9 Å². The number of amides is 2. The van der Waals surface area contributed by atoms with Gasteiger partial charge in [0.25, 0.3) is 0 Å². The first kappa shape index (κ1) is 18.3. The van der Waals surface area contributed by atoms with Gasteiger partial charge in [-0.05, 0) is 49.8 Å². The van der Waals surface area contributed by atoms with Crippen LogP contribution in [0.4, 0.5) is 0 Å². The highest BCUT2D eigenvalue weighted by atomic mass is 16.5. The number of hydrogen-bond donors (Lipinski definition) is 0. The van der Waals surface area contributed by atoms with Crippen molar-refractivity contribution in [1.82, 2.24) is 9.80 Å². The van der Waals surface area contributed by atoms with Crippen molar-refractivity contribution in [3.05, 3.63) is 29.8 Å². The Morgan fingerprint density at radius 3 is 2.37 bits per heavy atom. The van der Waals surface area contributed by atoms with Gasteiger partial charge in [-0.15, -0.1) is 0 Å². The lowest BCUT2D eigenvalue weighted by molar-refractivity contribution is -0.145. The smallest absolute Gasteiger partial charge is 0.233 e. The number of hydrogen-bond acceptors (Lipinski definition) is 3. The number of likely N-dealkylation sites (tertiary alicyclic amines) is 2. The van der Waals surface area contributed by atoms with Gasteiger partial charge in [0.1, 0.15) is 5.75 Å². The van der Waals surface area contributed by atoms with Gasteiger partial charge in [-0.25, -0.2) is 0 Å². The molecule has 0 bridgehead atoms. The quantitative estimate of drug-likeness (QED) is 0.822. The van der Waals surface area contributed by atoms with Crippen molar-refractivity contribution in [1.29, 1.82) is 0 Å². The Kier molecular flexibility index (Phi) is 4.65. The van der Waals surface area contributed by atoms with E-state index in [1.54, 1.807) is 7.11 Å². The second kappa shape index (κ2) is 6.84. The van der Waals surface area contributed by atoms with E-state index in [4.69, 9.17) is 4.74 Å². The molecule has 5 heteroatoms. The maximum atomic E-state index is 13.7. The number of ether oxygens (including phenoxy) is 1. The molecule has 27 heavy (non-hydrogen) atoms. The zero-order valence-corrected chi connectivity index (χ0v) is 16.5. The van der Waals surface area contributed by atoms with Gasteiger partial charge in [0.2, 0.25) is 11.8 Å². The van der Waals surface area contributed by atoms with Crippen molar-refractivity contribution < 1.29 is 14.3 Å². The molecule has 0 aromatic heterocycles. The van der Waals surface area contributed by atoms with E-state index in [0.29, 0.717) is 13.1 Å². The second-order valence-electron chi connectivity index (χ2n) is 8.61. The van der Waals surface area contributed by atoms with Gasteiger partial charge in [-0.3, -0.25) is 9.59 Å². The summed E-state index contributed by atoms with van der Waals surface area (Å²) in [6.45, 7) is 2.13. The normalized spacial score (nSPS) is 27.4. The molecular weight excluding hydrogens is 340 g/mol. The fourth-order valence-electron chi connectivity index (χ4n) is 5.51. The third-order valence-electron chi connectivity index (χ3n) is 7.10. The fraction of sp³-hybridized carbons (Fsp3) is 0.636. The molecule has 2 saturated heterocycles. The van der Waals surface area contributed by atoms with E-state index in [1.165, 1.54) is 0 Å². The Hall–Kier alpha value is -2.04. The van der Waals surface area contributed by atoms with Crippen molar-refractivity contribution in [3.63, 3.8) is 0 Å². The molecule has 2 amide bonds. The average Bonchev–Trinajstić information content (AvgIpc) is 3.35. The van der Waals surface area contributed by atoms with Crippen LogP contribution in [0.25, 0.3) is 0 Å². The fourth-order valence-corrected chi connectivity index (χ4v) is 5.51. The monoisotopic (exact) mass is 370 g/mol. The minimum Gasteiger partial charge on any atom is -0.497 e. The van der Waals surface area contributed by atoms with E-state index >= 15 is 0 Å². The highest BCUT2D eigenvalue weighted by Crippen LogP contribution is 2.46. The molecule has 3 fully saturated rings. The lowest BCUT2D eigenvalue weighted by Crippen LogP contribution is -2.50. The summed E-state index contributed by atoms with van der Waals surface area (Å²) in [5.41, 5.74) is 0.322. The zero-order valence-electron chi connectivity index (χ0n) is 16.5. The van der Waals surface area contributed by atoms with Gasteiger partial charge in [0.05, 0.1) is 17.9 Å². The van der Waals surface area contributed by atoms with E-state index in [2.05, 4.69) is 0 Å². The molecule has 3 aliphatic rings. The summed E-state index contributed by atoms with van der Waals surface area (Å²) in [5, 5.41) is 0. The molecule has 146 valence electrons. The molecule has 0 N–H and O–H groups in total. The van der Waals surface area contributed by atoms with E-state index in [-0.39, 0.29) is 17.2 Å². The van der Waals surface area contributed by atoms with E-state index < -0.39 is 5.41 Å². The number of nitrogens with zero attached hydrogens (tertiary/aromatic N) is 2. The van der Waals surface area contributed by atoms with Crippen LogP contribution in [0, 0.1) is 5.41 Å². The standard InChI is InChI=1S/C22H30N2O3/c1-23-14-5-10-21(19(23)25)13-15-24(16-21)20(26)22(11-3-4-12-22)17-6-8-18(27-2)9-7-17/h6-9H,3-5,10-16H2,1-2H3. The van der Waals surface area contributed by atoms with Gasteiger partial charge in [-0.1, -0.05) is 25.0 Å². The average molecular weight is 370 g/mol. The third kappa shape index (κ3) is 2.91. The SMILES string of the molecule is COc1ccc(C2(C(=O)N3CCC4(CCCN(C)C4=O)C3)CCCC2)cc1. The van der Waals surface area contributed by atoms with Gasteiger partial charge in [0.15, 0.2) is 0 Å². The second-order valence-corrected chi connectivity index (χ2v) is 8.61. The zero-order chi connectivity index (χ0) is 19.1. The lowest BCUT2D eigenvalue weighted by Gasteiger charge is -2.38. The molecule has 5 nitrogen and oxygen atoms in total. The highest BCUT2D eigenvalue weighted by Gasteiger charge is 2.52. The first-order chi connectivity index (χ1) is 13.0. The van der Waals surface area contributed by atoms with Crippen molar-refractivity contribution in [3.8, 4) is 5.75 Å². The first-order valence-electron chi connectivity index (χ1n) is 10.2. The van der Waals surface area contributed by atoms with Crippen molar-refractivity contribution in [2.24, 2.45) is 5.41 Å². The summed E-state index contributed by atoms with van der Waals surface area (Å²) in [6.07, 6.45) is 6.71. The Bertz CT molecular complexity index is 724. The number of rotatable bonds is 3. The molecule has 1 unspecified atom stereocenters. The maximum Gasteiger partial charge on any atom is 0.233 e. The van der Waals surface area contributed by atoms with Crippen molar-refractivity contribution in [2.45, 2.75) is 50.4 Å². The van der Waals surface area contributed by atoms with Crippen LogP contribution in [0.5, 0.6) is 5.75 Å². The minimum absolute atomic E-state index is 0.225. The Labute approximate surface area is 161 Å². The number of piperidine rings is 1. The molecular formula is C22H30N2O3. The summed E-state index contributed by atoms with van der Waals surface area (Å²) in [7, 11) is 3.55. The van der Waals surface area contributed by atoms with Crippen LogP contribution < -0.4 is 4.74 Å². The number of carbonyl (C=O) groups excluding carboxylic acids is 2. The van der Waals surface area contributed by atoms with Crippen LogP contribution in [0.1, 0.15) is 50.5 Å². The summed E-state index contributed by atoms with van der Waals surface area (Å²) in [6, 6.07) is 8.00. The Morgan fingerprint density at radius 2 is 1.70 bits per heavy atom. The largest absolute Gasteiger partial charge is 0.497 e. The van der Waals surface area contributed by atoms with Crippen LogP contribution >= 0.6 is 0 Å². The molecule has 2 aliphatic heterocycles. The van der Waals surface area contributed by atoms with Gasteiger partial charge in [0, 0.05) is 26.7 Å². The van der Waals surface area contributed by atoms with E-state index in [9.17, 15) is 9.59 Å². The van der Waals surface area contributed by atoms with Crippen LogP contribution in [0.15, 0.2) is 24.3 Å². The molecule has 1 spiro atoms. The molecule has 4 rings (SSSR count). The van der Waals surface area contributed by atoms with Crippen LogP contribution in [-0.4, -0.2) is 55.4 Å². The first-order valence-corrected chi connectivity index (χ1v) is 10.2. The molecule has 1 aromatic rings. The van der Waals surface area contributed by atoms with Crippen molar-refractivity contribution in [2.75, 3.05) is 33.8 Å². The minimum atomic E-state index is -0.429. The molecule has 1 aromatic carbocycles. The highest BCUT2D eigenvalue weighted by molar-refractivity contribution is 5.91.